The van der Waals surface area contributed by atoms with Gasteiger partial charge in [0.2, 0.25) is 0 Å². The minimum Gasteiger partial charge on any atom is -0.464 e. The molecule has 0 unspecified atom stereocenters. The standard InChI is InChI=1S/C19H13FN4O3S2/c1-27-18(26)13-6-10(7-21-13)14-9-28-19(23-14)24-16(25)15-8-22-17(29-15)11-4-2-3-5-12(11)20/h2-9,21H,1H3,(H,23,24,25). The van der Waals surface area contributed by atoms with Gasteiger partial charge in [0.05, 0.1) is 19.0 Å². The van der Waals surface area contributed by atoms with Crippen molar-refractivity contribution in [3.63, 3.8) is 0 Å². The van der Waals surface area contributed by atoms with Crippen molar-refractivity contribution in [1.29, 1.82) is 0 Å². The Bertz CT molecular complexity index is 1200. The first kappa shape index (κ1) is 19.0. The molecule has 146 valence electrons. The number of hydrogen-bond donors (Lipinski definition) is 2. The summed E-state index contributed by atoms with van der Waals surface area (Å²) in [6.45, 7) is 0. The zero-order chi connectivity index (χ0) is 20.4. The number of nitrogens with zero attached hydrogens (tertiary/aromatic N) is 2. The summed E-state index contributed by atoms with van der Waals surface area (Å²) in [4.78, 5) is 35.7. The summed E-state index contributed by atoms with van der Waals surface area (Å²) in [5, 5.41) is 5.29. The van der Waals surface area contributed by atoms with Crippen LogP contribution in [0.3, 0.4) is 0 Å². The lowest BCUT2D eigenvalue weighted by Crippen LogP contribution is -2.09. The number of amides is 1. The molecule has 0 fully saturated rings. The number of ether oxygens (including phenoxy) is 1. The molecule has 2 N–H and O–H groups in total. The fourth-order valence-electron chi connectivity index (χ4n) is 2.53. The third-order valence-electron chi connectivity index (χ3n) is 3.94. The van der Waals surface area contributed by atoms with Crippen LogP contribution in [0.1, 0.15) is 20.2 Å². The third kappa shape index (κ3) is 3.93. The number of aromatic nitrogens is 3. The normalized spacial score (nSPS) is 10.7. The average Bonchev–Trinajstić information content (AvgIpc) is 3.47. The highest BCUT2D eigenvalue weighted by atomic mass is 32.1. The van der Waals surface area contributed by atoms with Gasteiger partial charge < -0.3 is 9.72 Å². The average molecular weight is 428 g/mol. The number of aromatic amines is 1. The number of esters is 1. The van der Waals surface area contributed by atoms with Gasteiger partial charge in [-0.1, -0.05) is 12.1 Å². The van der Waals surface area contributed by atoms with Gasteiger partial charge in [0.15, 0.2) is 5.13 Å². The molecule has 10 heteroatoms. The molecule has 29 heavy (non-hydrogen) atoms. The Balaban J connectivity index is 1.48. The van der Waals surface area contributed by atoms with Crippen LogP contribution in [0, 0.1) is 5.82 Å². The molecule has 0 saturated heterocycles. The maximum atomic E-state index is 13.9. The fourth-order valence-corrected chi connectivity index (χ4v) is 4.08. The third-order valence-corrected chi connectivity index (χ3v) is 5.73. The number of carbonyl (C=O) groups excluding carboxylic acids is 2. The number of H-pyrrole nitrogens is 1. The Labute approximate surface area is 172 Å². The van der Waals surface area contributed by atoms with Gasteiger partial charge in [-0.3, -0.25) is 10.1 Å². The monoisotopic (exact) mass is 428 g/mol. The minimum atomic E-state index is -0.476. The molecule has 4 rings (SSSR count). The van der Waals surface area contributed by atoms with Crippen molar-refractivity contribution in [2.45, 2.75) is 0 Å². The minimum absolute atomic E-state index is 0.311. The predicted molar refractivity (Wildman–Crippen MR) is 109 cm³/mol. The highest BCUT2D eigenvalue weighted by molar-refractivity contribution is 7.17. The molecule has 0 aliphatic rings. The molecule has 7 nitrogen and oxygen atoms in total. The SMILES string of the molecule is COC(=O)c1cc(-c2csc(NC(=O)c3cnc(-c4ccccc4F)s3)n2)c[nH]1. The van der Waals surface area contributed by atoms with Crippen LogP contribution in [0.25, 0.3) is 21.8 Å². The van der Waals surface area contributed by atoms with Crippen molar-refractivity contribution in [3.8, 4) is 21.8 Å². The molecule has 0 aliphatic carbocycles. The van der Waals surface area contributed by atoms with E-state index in [1.54, 1.807) is 35.8 Å². The number of carbonyl (C=O) groups is 2. The van der Waals surface area contributed by atoms with Gasteiger partial charge in [-0.2, -0.15) is 0 Å². The summed E-state index contributed by atoms with van der Waals surface area (Å²) in [5.41, 5.74) is 1.96. The van der Waals surface area contributed by atoms with Gasteiger partial charge in [-0.05, 0) is 18.2 Å². The molecular formula is C19H13FN4O3S2. The van der Waals surface area contributed by atoms with Gasteiger partial charge in [0.25, 0.3) is 5.91 Å². The van der Waals surface area contributed by atoms with Crippen molar-refractivity contribution in [3.05, 3.63) is 64.5 Å². The van der Waals surface area contributed by atoms with E-state index in [0.29, 0.717) is 37.5 Å². The molecule has 0 saturated carbocycles. The second-order valence-electron chi connectivity index (χ2n) is 5.80. The van der Waals surface area contributed by atoms with E-state index in [2.05, 4.69) is 25.0 Å². The smallest absolute Gasteiger partial charge is 0.354 e. The molecule has 4 aromatic rings. The number of thiazole rings is 2. The Hall–Kier alpha value is -3.37. The zero-order valence-corrected chi connectivity index (χ0v) is 16.6. The first-order valence-electron chi connectivity index (χ1n) is 8.30. The highest BCUT2D eigenvalue weighted by Crippen LogP contribution is 2.29. The van der Waals surface area contributed by atoms with E-state index in [9.17, 15) is 14.0 Å². The summed E-state index contributed by atoms with van der Waals surface area (Å²) >= 11 is 2.34. The Kier molecular flexibility index (Phi) is 5.19. The Morgan fingerprint density at radius 1 is 1.28 bits per heavy atom. The molecule has 1 aromatic carbocycles. The van der Waals surface area contributed by atoms with Crippen LogP contribution >= 0.6 is 22.7 Å². The number of hydrogen-bond acceptors (Lipinski definition) is 7. The molecule has 3 aromatic heterocycles. The van der Waals surface area contributed by atoms with Crippen LogP contribution in [0.2, 0.25) is 0 Å². The van der Waals surface area contributed by atoms with Gasteiger partial charge >= 0.3 is 5.97 Å². The zero-order valence-electron chi connectivity index (χ0n) is 14.9. The molecule has 3 heterocycles. The van der Waals surface area contributed by atoms with Gasteiger partial charge in [0, 0.05) is 22.7 Å². The molecule has 1 amide bonds. The summed E-state index contributed by atoms with van der Waals surface area (Å²) in [6, 6.07) is 7.89. The maximum Gasteiger partial charge on any atom is 0.354 e. The van der Waals surface area contributed by atoms with Crippen LogP contribution in [0.4, 0.5) is 9.52 Å². The first-order valence-corrected chi connectivity index (χ1v) is 9.99. The van der Waals surface area contributed by atoms with Crippen molar-refractivity contribution in [1.82, 2.24) is 15.0 Å². The van der Waals surface area contributed by atoms with Crippen LogP contribution < -0.4 is 5.32 Å². The van der Waals surface area contributed by atoms with E-state index < -0.39 is 11.8 Å². The number of methoxy groups -OCH3 is 1. The molecule has 0 radical (unpaired) electrons. The summed E-state index contributed by atoms with van der Waals surface area (Å²) in [7, 11) is 1.30. The second kappa shape index (κ2) is 7.94. The fraction of sp³-hybridized carbons (Fsp3) is 0.0526. The summed E-state index contributed by atoms with van der Waals surface area (Å²) < 4.78 is 18.6. The van der Waals surface area contributed by atoms with Crippen molar-refractivity contribution < 1.29 is 18.7 Å². The van der Waals surface area contributed by atoms with Crippen molar-refractivity contribution in [2.75, 3.05) is 12.4 Å². The number of anilines is 1. The maximum absolute atomic E-state index is 13.9. The topological polar surface area (TPSA) is 97.0 Å². The molecule has 0 spiro atoms. The van der Waals surface area contributed by atoms with Crippen LogP contribution in [-0.2, 0) is 4.74 Å². The molecule has 0 aliphatic heterocycles. The van der Waals surface area contributed by atoms with E-state index in [1.165, 1.54) is 30.7 Å². The Morgan fingerprint density at radius 3 is 2.90 bits per heavy atom. The lowest BCUT2D eigenvalue weighted by atomic mass is 10.2. The summed E-state index contributed by atoms with van der Waals surface area (Å²) in [6.07, 6.45) is 3.04. The lowest BCUT2D eigenvalue weighted by molar-refractivity contribution is 0.0594. The van der Waals surface area contributed by atoms with E-state index in [0.717, 1.165) is 11.3 Å². The number of rotatable bonds is 5. The van der Waals surface area contributed by atoms with Crippen LogP contribution in [-0.4, -0.2) is 33.9 Å². The molecular weight excluding hydrogens is 415 g/mol. The number of nitrogens with one attached hydrogen (secondary N) is 2. The lowest BCUT2D eigenvalue weighted by Gasteiger charge is -1.98. The van der Waals surface area contributed by atoms with Crippen molar-refractivity contribution in [2.24, 2.45) is 0 Å². The van der Waals surface area contributed by atoms with E-state index in [1.807, 2.05) is 0 Å². The number of benzene rings is 1. The van der Waals surface area contributed by atoms with Crippen LogP contribution in [0.15, 0.2) is 48.1 Å². The Morgan fingerprint density at radius 2 is 2.10 bits per heavy atom. The quantitative estimate of drug-likeness (QED) is 0.458. The van der Waals surface area contributed by atoms with Gasteiger partial charge in [0.1, 0.15) is 21.4 Å². The van der Waals surface area contributed by atoms with Crippen molar-refractivity contribution >= 4 is 39.7 Å². The van der Waals surface area contributed by atoms with E-state index in [4.69, 9.17) is 0 Å². The first-order chi connectivity index (χ1) is 14.0. The predicted octanol–water partition coefficient (Wildman–Crippen LogP) is 4.44. The van der Waals surface area contributed by atoms with Gasteiger partial charge in [-0.25, -0.2) is 19.2 Å². The largest absolute Gasteiger partial charge is 0.464 e. The molecule has 0 bridgehead atoms. The number of halogens is 1. The van der Waals surface area contributed by atoms with E-state index >= 15 is 0 Å². The summed E-state index contributed by atoms with van der Waals surface area (Å²) in [5.74, 6) is -1.25. The highest BCUT2D eigenvalue weighted by Gasteiger charge is 2.16. The van der Waals surface area contributed by atoms with Crippen LogP contribution in [0.5, 0.6) is 0 Å². The van der Waals surface area contributed by atoms with E-state index in [-0.39, 0.29) is 5.91 Å². The molecule has 0 atom stereocenters. The second-order valence-corrected chi connectivity index (χ2v) is 7.68. The van der Waals surface area contributed by atoms with Gasteiger partial charge in [-0.15, -0.1) is 22.7 Å².